The minimum atomic E-state index is -3.97. The van der Waals surface area contributed by atoms with Gasteiger partial charge in [0.05, 0.1) is 4.90 Å². The number of carbonyl (C=O) groups is 2. The molecule has 0 unspecified atom stereocenters. The number of unbranched alkanes of at least 4 members (excludes halogenated alkanes) is 1. The van der Waals surface area contributed by atoms with Crippen LogP contribution in [0.2, 0.25) is 0 Å². The number of benzene rings is 2. The number of likely N-dealkylation sites (N-methyl/N-ethyl adjacent to an activating group) is 1. The topological polar surface area (TPSA) is 116 Å². The highest BCUT2D eigenvalue weighted by molar-refractivity contribution is 7.92. The predicted octanol–water partition coefficient (Wildman–Crippen LogP) is 5.08. The van der Waals surface area contributed by atoms with Crippen molar-refractivity contribution in [2.24, 2.45) is 5.92 Å². The van der Waals surface area contributed by atoms with Gasteiger partial charge in [-0.3, -0.25) is 14.3 Å². The molecule has 1 aliphatic rings. The van der Waals surface area contributed by atoms with Crippen molar-refractivity contribution in [2.75, 3.05) is 37.9 Å². The summed E-state index contributed by atoms with van der Waals surface area (Å²) in [5, 5.41) is 3.85. The lowest BCUT2D eigenvalue weighted by Crippen LogP contribution is -2.57. The quantitative estimate of drug-likeness (QED) is 0.299. The average Bonchev–Trinajstić information content (AvgIpc) is 3.31. The van der Waals surface area contributed by atoms with Crippen LogP contribution in [-0.4, -0.2) is 79.4 Å². The first-order valence-corrected chi connectivity index (χ1v) is 16.8. The fourth-order valence-corrected chi connectivity index (χ4v) is 6.71. The standard InChI is InChI=1S/C33H45N5O5S/c1-7-8-13-30(39)38(31(23(2)3)33(40)37-20-18-36(6)19-21-37)22-26-14-16-27(17-15-26)28-11-9-10-12-29(28)44(41,42)35-32-24(4)25(5)43-34-32/h9-12,14-17,23,31H,7-8,13,18-22H2,1-6H3,(H,34,35)/t31-/m0/s1. The molecule has 0 aliphatic carbocycles. The molecule has 1 saturated heterocycles. The van der Waals surface area contributed by atoms with E-state index in [4.69, 9.17) is 4.52 Å². The van der Waals surface area contributed by atoms with E-state index >= 15 is 0 Å². The Balaban J connectivity index is 1.60. The van der Waals surface area contributed by atoms with Crippen LogP contribution < -0.4 is 4.72 Å². The number of aromatic nitrogens is 1. The van der Waals surface area contributed by atoms with Crippen LogP contribution in [0.5, 0.6) is 0 Å². The zero-order valence-corrected chi connectivity index (χ0v) is 27.5. The molecule has 2 heterocycles. The maximum absolute atomic E-state index is 13.8. The molecule has 1 fully saturated rings. The minimum Gasteiger partial charge on any atom is -0.359 e. The van der Waals surface area contributed by atoms with Crippen molar-refractivity contribution in [1.29, 1.82) is 0 Å². The van der Waals surface area contributed by atoms with Gasteiger partial charge in [-0.2, -0.15) is 0 Å². The molecule has 44 heavy (non-hydrogen) atoms. The summed E-state index contributed by atoms with van der Waals surface area (Å²) in [6.07, 6.45) is 2.03. The number of hydrogen-bond acceptors (Lipinski definition) is 7. The molecule has 0 saturated carbocycles. The van der Waals surface area contributed by atoms with Crippen LogP contribution in [-0.2, 0) is 26.2 Å². The maximum Gasteiger partial charge on any atom is 0.263 e. The molecule has 1 aliphatic heterocycles. The zero-order valence-electron chi connectivity index (χ0n) is 26.7. The summed E-state index contributed by atoms with van der Waals surface area (Å²) in [7, 11) is -1.92. The third-order valence-corrected chi connectivity index (χ3v) is 9.68. The smallest absolute Gasteiger partial charge is 0.263 e. The van der Waals surface area contributed by atoms with Gasteiger partial charge in [-0.1, -0.05) is 74.8 Å². The Morgan fingerprint density at radius 3 is 2.27 bits per heavy atom. The Kier molecular flexibility index (Phi) is 10.9. The molecule has 2 amide bonds. The Hall–Kier alpha value is -3.70. The normalized spacial score (nSPS) is 14.9. The minimum absolute atomic E-state index is 0.00116. The Bertz CT molecular complexity index is 1540. The maximum atomic E-state index is 13.8. The third kappa shape index (κ3) is 7.68. The molecule has 4 rings (SSSR count). The number of sulfonamides is 1. The second kappa shape index (κ2) is 14.4. The van der Waals surface area contributed by atoms with Crippen molar-refractivity contribution in [3.05, 3.63) is 65.4 Å². The highest BCUT2D eigenvalue weighted by atomic mass is 32.2. The lowest BCUT2D eigenvalue weighted by molar-refractivity contribution is -0.149. The van der Waals surface area contributed by atoms with E-state index in [1.807, 2.05) is 49.9 Å². The SMILES string of the molecule is CCCCC(=O)N(Cc1ccc(-c2ccccc2S(=O)(=O)Nc2noc(C)c2C)cc1)[C@H](C(=O)N1CCN(C)CC1)C(C)C. The number of carbonyl (C=O) groups excluding carboxylic acids is 2. The number of nitrogens with zero attached hydrogens (tertiary/aromatic N) is 4. The van der Waals surface area contributed by atoms with Gasteiger partial charge >= 0.3 is 0 Å². The highest BCUT2D eigenvalue weighted by Gasteiger charge is 2.36. The summed E-state index contributed by atoms with van der Waals surface area (Å²) in [5.74, 6) is 0.607. The Morgan fingerprint density at radius 1 is 1.02 bits per heavy atom. The van der Waals surface area contributed by atoms with E-state index in [1.165, 1.54) is 0 Å². The van der Waals surface area contributed by atoms with Crippen LogP contribution in [0.15, 0.2) is 57.9 Å². The molecular weight excluding hydrogens is 578 g/mol. The van der Waals surface area contributed by atoms with Gasteiger partial charge in [-0.25, -0.2) is 8.42 Å². The first-order chi connectivity index (χ1) is 20.9. The molecule has 11 heteroatoms. The molecular formula is C33H45N5O5S. The van der Waals surface area contributed by atoms with Crippen LogP contribution in [0.4, 0.5) is 5.82 Å². The summed E-state index contributed by atoms with van der Waals surface area (Å²) < 4.78 is 34.5. The van der Waals surface area contributed by atoms with Gasteiger partial charge in [-0.05, 0) is 50.4 Å². The first-order valence-electron chi connectivity index (χ1n) is 15.3. The van der Waals surface area contributed by atoms with Crippen molar-refractivity contribution >= 4 is 27.7 Å². The molecule has 238 valence electrons. The van der Waals surface area contributed by atoms with Gasteiger partial charge in [0.15, 0.2) is 5.82 Å². The monoisotopic (exact) mass is 623 g/mol. The summed E-state index contributed by atoms with van der Waals surface area (Å²) in [6, 6.07) is 13.7. The van der Waals surface area contributed by atoms with E-state index < -0.39 is 16.1 Å². The average molecular weight is 624 g/mol. The number of aryl methyl sites for hydroxylation is 1. The number of rotatable bonds is 12. The van der Waals surface area contributed by atoms with E-state index in [0.29, 0.717) is 42.0 Å². The van der Waals surface area contributed by atoms with Crippen LogP contribution in [0.1, 0.15) is 56.9 Å². The van der Waals surface area contributed by atoms with Crippen molar-refractivity contribution in [1.82, 2.24) is 19.9 Å². The molecule has 10 nitrogen and oxygen atoms in total. The van der Waals surface area contributed by atoms with Crippen LogP contribution in [0, 0.1) is 19.8 Å². The lowest BCUT2D eigenvalue weighted by atomic mass is 9.98. The fourth-order valence-electron chi connectivity index (χ4n) is 5.43. The number of anilines is 1. The number of piperazine rings is 1. The highest BCUT2D eigenvalue weighted by Crippen LogP contribution is 2.30. The van der Waals surface area contributed by atoms with Gasteiger partial charge < -0.3 is 19.2 Å². The van der Waals surface area contributed by atoms with E-state index in [9.17, 15) is 18.0 Å². The second-order valence-electron chi connectivity index (χ2n) is 12.0. The van der Waals surface area contributed by atoms with Crippen molar-refractivity contribution in [3.63, 3.8) is 0 Å². The largest absolute Gasteiger partial charge is 0.359 e. The van der Waals surface area contributed by atoms with Crippen LogP contribution >= 0.6 is 0 Å². The zero-order chi connectivity index (χ0) is 32.0. The molecule has 1 N–H and O–H groups in total. The van der Waals surface area contributed by atoms with Gasteiger partial charge in [-0.15, -0.1) is 0 Å². The molecule has 3 aromatic rings. The van der Waals surface area contributed by atoms with E-state index in [-0.39, 0.29) is 35.0 Å². The van der Waals surface area contributed by atoms with E-state index in [2.05, 4.69) is 21.8 Å². The van der Waals surface area contributed by atoms with Gasteiger partial charge in [0, 0.05) is 50.3 Å². The Morgan fingerprint density at radius 2 is 1.68 bits per heavy atom. The van der Waals surface area contributed by atoms with E-state index in [1.54, 1.807) is 43.0 Å². The molecule has 0 bridgehead atoms. The summed E-state index contributed by atoms with van der Waals surface area (Å²) in [4.78, 5) is 33.4. The van der Waals surface area contributed by atoms with Crippen LogP contribution in [0.25, 0.3) is 11.1 Å². The Labute approximate surface area is 261 Å². The summed E-state index contributed by atoms with van der Waals surface area (Å²) in [5.41, 5.74) is 2.73. The van der Waals surface area contributed by atoms with Gasteiger partial charge in [0.25, 0.3) is 10.0 Å². The van der Waals surface area contributed by atoms with Gasteiger partial charge in [0.2, 0.25) is 11.8 Å². The van der Waals surface area contributed by atoms with Crippen molar-refractivity contribution in [3.8, 4) is 11.1 Å². The van der Waals surface area contributed by atoms with Gasteiger partial charge in [0.1, 0.15) is 11.8 Å². The lowest BCUT2D eigenvalue weighted by Gasteiger charge is -2.40. The fraction of sp³-hybridized carbons (Fsp3) is 0.485. The molecule has 0 radical (unpaired) electrons. The van der Waals surface area contributed by atoms with Crippen molar-refractivity contribution < 1.29 is 22.5 Å². The second-order valence-corrected chi connectivity index (χ2v) is 13.6. The number of nitrogens with one attached hydrogen (secondary N) is 1. The van der Waals surface area contributed by atoms with Crippen LogP contribution in [0.3, 0.4) is 0 Å². The van der Waals surface area contributed by atoms with Crippen molar-refractivity contribution in [2.45, 2.75) is 71.4 Å². The van der Waals surface area contributed by atoms with E-state index in [0.717, 1.165) is 31.5 Å². The molecule has 1 aromatic heterocycles. The summed E-state index contributed by atoms with van der Waals surface area (Å²) in [6.45, 7) is 12.7. The molecule has 2 aromatic carbocycles. The number of amides is 2. The summed E-state index contributed by atoms with van der Waals surface area (Å²) >= 11 is 0. The predicted molar refractivity (Wildman–Crippen MR) is 171 cm³/mol. The first kappa shape index (κ1) is 33.2. The number of hydrogen-bond donors (Lipinski definition) is 1. The molecule has 1 atom stereocenters. The third-order valence-electron chi connectivity index (χ3n) is 8.28. The molecule has 0 spiro atoms.